The Hall–Kier alpha value is -1.91. The van der Waals surface area contributed by atoms with Crippen LogP contribution in [-0.4, -0.2) is 10.2 Å². The normalized spacial score (nSPS) is 11.8. The number of aryl methyl sites for hydroxylation is 4. The molecule has 0 unspecified atom stereocenters. The molecule has 0 amide bonds. The molecular formula is C15H15F3N2. The summed E-state index contributed by atoms with van der Waals surface area (Å²) in [6.45, 7) is 7.07. The van der Waals surface area contributed by atoms with Crippen molar-refractivity contribution in [2.24, 2.45) is 0 Å². The Balaban J connectivity index is 2.61. The zero-order valence-electron chi connectivity index (χ0n) is 11.8. The lowest BCUT2D eigenvalue weighted by Crippen LogP contribution is -2.07. The number of hydrogen-bond donors (Lipinski definition) is 0. The van der Waals surface area contributed by atoms with Gasteiger partial charge >= 0.3 is 6.18 Å². The van der Waals surface area contributed by atoms with Gasteiger partial charge in [-0.2, -0.15) is 23.4 Å². The number of nitrogens with zero attached hydrogens (tertiary/aromatic N) is 2. The van der Waals surface area contributed by atoms with E-state index in [0.29, 0.717) is 22.4 Å². The second kappa shape index (κ2) is 4.89. The molecule has 0 radical (unpaired) electrons. The number of benzene rings is 1. The van der Waals surface area contributed by atoms with Crippen molar-refractivity contribution in [2.45, 2.75) is 33.9 Å². The fourth-order valence-electron chi connectivity index (χ4n) is 2.20. The minimum atomic E-state index is -4.33. The number of alkyl halides is 3. The van der Waals surface area contributed by atoms with Crippen molar-refractivity contribution in [3.05, 3.63) is 46.1 Å². The lowest BCUT2D eigenvalue weighted by atomic mass is 9.96. The molecule has 1 aromatic heterocycles. The highest BCUT2D eigenvalue weighted by Gasteiger charge is 2.31. The summed E-state index contributed by atoms with van der Waals surface area (Å²) in [6.07, 6.45) is -4.33. The standard InChI is InChI=1S/C15H15F3N2/c1-8-7-13(20-19-11(8)4)14-9(2)5-12(6-10(14)3)15(16,17)18/h5-7H,1-4H3. The smallest absolute Gasteiger partial charge is 0.166 e. The van der Waals surface area contributed by atoms with Crippen molar-refractivity contribution in [3.63, 3.8) is 0 Å². The Kier molecular flexibility index (Phi) is 3.54. The summed E-state index contributed by atoms with van der Waals surface area (Å²) in [5.41, 5.74) is 3.58. The van der Waals surface area contributed by atoms with Crippen molar-refractivity contribution >= 4 is 0 Å². The van der Waals surface area contributed by atoms with E-state index in [1.54, 1.807) is 13.8 Å². The van der Waals surface area contributed by atoms with Gasteiger partial charge in [-0.25, -0.2) is 0 Å². The molecule has 0 aliphatic heterocycles. The van der Waals surface area contributed by atoms with Gasteiger partial charge in [-0.3, -0.25) is 0 Å². The summed E-state index contributed by atoms with van der Waals surface area (Å²) in [7, 11) is 0. The molecule has 0 N–H and O–H groups in total. The van der Waals surface area contributed by atoms with E-state index in [4.69, 9.17) is 0 Å². The fraction of sp³-hybridized carbons (Fsp3) is 0.333. The van der Waals surface area contributed by atoms with E-state index in [9.17, 15) is 13.2 Å². The number of rotatable bonds is 1. The molecule has 0 saturated carbocycles. The van der Waals surface area contributed by atoms with Gasteiger partial charge < -0.3 is 0 Å². The van der Waals surface area contributed by atoms with Crippen LogP contribution in [0.15, 0.2) is 18.2 Å². The molecule has 0 spiro atoms. The van der Waals surface area contributed by atoms with E-state index < -0.39 is 11.7 Å². The van der Waals surface area contributed by atoms with Crippen molar-refractivity contribution in [3.8, 4) is 11.3 Å². The van der Waals surface area contributed by atoms with Gasteiger partial charge in [0.15, 0.2) is 0 Å². The van der Waals surface area contributed by atoms with Crippen molar-refractivity contribution in [1.82, 2.24) is 10.2 Å². The average molecular weight is 280 g/mol. The zero-order chi connectivity index (χ0) is 15.1. The van der Waals surface area contributed by atoms with Gasteiger partial charge in [0.1, 0.15) is 0 Å². The predicted molar refractivity (Wildman–Crippen MR) is 71.4 cm³/mol. The molecule has 0 aliphatic carbocycles. The van der Waals surface area contributed by atoms with Crippen molar-refractivity contribution in [1.29, 1.82) is 0 Å². The molecule has 106 valence electrons. The minimum absolute atomic E-state index is 0.551. The molecule has 20 heavy (non-hydrogen) atoms. The van der Waals surface area contributed by atoms with Crippen LogP contribution in [0.5, 0.6) is 0 Å². The lowest BCUT2D eigenvalue weighted by Gasteiger charge is -2.14. The van der Waals surface area contributed by atoms with Gasteiger partial charge in [-0.1, -0.05) is 0 Å². The Labute approximate surface area is 115 Å². The molecule has 5 heteroatoms. The van der Waals surface area contributed by atoms with Crippen molar-refractivity contribution < 1.29 is 13.2 Å². The van der Waals surface area contributed by atoms with E-state index in [-0.39, 0.29) is 0 Å². The van der Waals surface area contributed by atoms with Gasteiger partial charge in [0.05, 0.1) is 17.0 Å². The van der Waals surface area contributed by atoms with Crippen LogP contribution in [0.4, 0.5) is 13.2 Å². The number of hydrogen-bond acceptors (Lipinski definition) is 2. The maximum absolute atomic E-state index is 12.8. The minimum Gasteiger partial charge on any atom is -0.166 e. The Bertz CT molecular complexity index is 638. The predicted octanol–water partition coefficient (Wildman–Crippen LogP) is 4.40. The summed E-state index contributed by atoms with van der Waals surface area (Å²) >= 11 is 0. The van der Waals surface area contributed by atoms with E-state index in [2.05, 4.69) is 10.2 Å². The first-order chi connectivity index (χ1) is 9.20. The highest BCUT2D eigenvalue weighted by atomic mass is 19.4. The summed E-state index contributed by atoms with van der Waals surface area (Å²) in [4.78, 5) is 0. The molecule has 1 heterocycles. The number of halogens is 3. The summed E-state index contributed by atoms with van der Waals surface area (Å²) < 4.78 is 38.3. The quantitative estimate of drug-likeness (QED) is 0.774. The molecule has 2 rings (SSSR count). The van der Waals surface area contributed by atoms with Gasteiger partial charge in [0, 0.05) is 5.56 Å². The molecule has 0 fully saturated rings. The fourth-order valence-corrected chi connectivity index (χ4v) is 2.20. The second-order valence-corrected chi connectivity index (χ2v) is 4.98. The first-order valence-electron chi connectivity index (χ1n) is 6.20. The molecule has 0 bridgehead atoms. The zero-order valence-corrected chi connectivity index (χ0v) is 11.8. The van der Waals surface area contributed by atoms with Gasteiger partial charge in [0.25, 0.3) is 0 Å². The van der Waals surface area contributed by atoms with E-state index in [1.807, 2.05) is 19.9 Å². The molecule has 2 nitrogen and oxygen atoms in total. The SMILES string of the molecule is Cc1cc(-c2c(C)cc(C(F)(F)F)cc2C)nnc1C. The largest absolute Gasteiger partial charge is 0.416 e. The first kappa shape index (κ1) is 14.5. The molecular weight excluding hydrogens is 265 g/mol. The lowest BCUT2D eigenvalue weighted by molar-refractivity contribution is -0.137. The molecule has 0 saturated heterocycles. The summed E-state index contributed by atoms with van der Waals surface area (Å²) in [5, 5.41) is 8.13. The highest BCUT2D eigenvalue weighted by Crippen LogP contribution is 2.35. The Morgan fingerprint density at radius 3 is 1.80 bits per heavy atom. The topological polar surface area (TPSA) is 25.8 Å². The van der Waals surface area contributed by atoms with Crippen LogP contribution in [0.3, 0.4) is 0 Å². The van der Waals surface area contributed by atoms with Crippen LogP contribution in [0, 0.1) is 27.7 Å². The molecule has 1 aromatic carbocycles. The van der Waals surface area contributed by atoms with Crippen LogP contribution < -0.4 is 0 Å². The first-order valence-corrected chi connectivity index (χ1v) is 6.20. The van der Waals surface area contributed by atoms with Crippen LogP contribution >= 0.6 is 0 Å². The summed E-state index contributed by atoms with van der Waals surface area (Å²) in [6, 6.07) is 4.16. The second-order valence-electron chi connectivity index (χ2n) is 4.98. The van der Waals surface area contributed by atoms with E-state index in [0.717, 1.165) is 23.4 Å². The molecule has 2 aromatic rings. The third-order valence-corrected chi connectivity index (χ3v) is 3.35. The van der Waals surface area contributed by atoms with E-state index >= 15 is 0 Å². The molecule has 0 atom stereocenters. The average Bonchev–Trinajstić information content (AvgIpc) is 2.31. The third-order valence-electron chi connectivity index (χ3n) is 3.35. The Morgan fingerprint density at radius 2 is 1.35 bits per heavy atom. The van der Waals surface area contributed by atoms with Crippen LogP contribution in [0.2, 0.25) is 0 Å². The van der Waals surface area contributed by atoms with Gasteiger partial charge in [-0.05, 0) is 62.6 Å². The van der Waals surface area contributed by atoms with E-state index in [1.165, 1.54) is 0 Å². The Morgan fingerprint density at radius 1 is 0.800 bits per heavy atom. The molecule has 0 aliphatic rings. The van der Waals surface area contributed by atoms with Crippen LogP contribution in [-0.2, 0) is 6.18 Å². The van der Waals surface area contributed by atoms with Crippen LogP contribution in [0.1, 0.15) is 27.9 Å². The van der Waals surface area contributed by atoms with Crippen molar-refractivity contribution in [2.75, 3.05) is 0 Å². The van der Waals surface area contributed by atoms with Crippen LogP contribution in [0.25, 0.3) is 11.3 Å². The maximum atomic E-state index is 12.8. The third kappa shape index (κ3) is 2.66. The monoisotopic (exact) mass is 280 g/mol. The number of aromatic nitrogens is 2. The van der Waals surface area contributed by atoms with Gasteiger partial charge in [0.2, 0.25) is 0 Å². The highest BCUT2D eigenvalue weighted by molar-refractivity contribution is 5.68. The maximum Gasteiger partial charge on any atom is 0.416 e. The van der Waals surface area contributed by atoms with Gasteiger partial charge in [-0.15, -0.1) is 0 Å². The summed E-state index contributed by atoms with van der Waals surface area (Å²) in [5.74, 6) is 0.